The molecule has 0 amide bonds. The van der Waals surface area contributed by atoms with Gasteiger partial charge in [-0.15, -0.1) is 0 Å². The Morgan fingerprint density at radius 3 is 2.70 bits per heavy atom. The lowest BCUT2D eigenvalue weighted by molar-refractivity contribution is 0.0600. The Kier molecular flexibility index (Phi) is 5.87. The van der Waals surface area contributed by atoms with E-state index in [0.717, 1.165) is 16.6 Å². The number of carbonyl (C=O) groups excluding carboxylic acids is 1. The fourth-order valence-corrected chi connectivity index (χ4v) is 2.83. The van der Waals surface area contributed by atoms with Gasteiger partial charge >= 0.3 is 5.97 Å². The van der Waals surface area contributed by atoms with Crippen LogP contribution >= 0.6 is 0 Å². The number of rotatable bonds is 8. The molecule has 3 N–H and O–H groups in total. The smallest absolute Gasteiger partial charge is 0.337 e. The molecule has 0 unspecified atom stereocenters. The second-order valence-corrected chi connectivity index (χ2v) is 5.92. The van der Waals surface area contributed by atoms with Crippen molar-refractivity contribution in [3.8, 4) is 0 Å². The number of ether oxygens (including phenoxy) is 2. The lowest BCUT2D eigenvalue weighted by atomic mass is 10.1. The van der Waals surface area contributed by atoms with Crippen LogP contribution in [0, 0.1) is 0 Å². The second kappa shape index (κ2) is 8.50. The summed E-state index contributed by atoms with van der Waals surface area (Å²) in [6.07, 6.45) is 1.95. The van der Waals surface area contributed by atoms with Gasteiger partial charge in [-0.1, -0.05) is 12.1 Å². The molecular formula is C19H23N5O3. The fraction of sp³-hybridized carbons (Fsp3) is 0.316. The SMILES string of the molecule is CCOCCNc1nc(N)nc2ccn(Cc3ccc(C(=O)OC)cc3)c12. The standard InChI is InChI=1S/C19H23N5O3/c1-3-27-11-9-21-17-16-15(22-19(20)23-17)8-10-24(16)12-13-4-6-14(7-5-13)18(25)26-2/h4-8,10H,3,9,11-12H2,1-2H3,(H3,20,21,22,23). The normalized spacial score (nSPS) is 10.9. The minimum absolute atomic E-state index is 0.224. The van der Waals surface area contributed by atoms with E-state index in [1.807, 2.05) is 35.9 Å². The molecule has 0 saturated heterocycles. The molecule has 3 rings (SSSR count). The molecule has 0 aliphatic heterocycles. The maximum Gasteiger partial charge on any atom is 0.337 e. The van der Waals surface area contributed by atoms with E-state index in [0.29, 0.717) is 37.7 Å². The van der Waals surface area contributed by atoms with Crippen molar-refractivity contribution in [1.82, 2.24) is 14.5 Å². The number of nitrogen functional groups attached to an aromatic ring is 1. The summed E-state index contributed by atoms with van der Waals surface area (Å²) >= 11 is 0. The predicted molar refractivity (Wildman–Crippen MR) is 104 cm³/mol. The van der Waals surface area contributed by atoms with Crippen molar-refractivity contribution in [3.63, 3.8) is 0 Å². The van der Waals surface area contributed by atoms with Crippen molar-refractivity contribution in [1.29, 1.82) is 0 Å². The number of hydrogen-bond donors (Lipinski definition) is 2. The summed E-state index contributed by atoms with van der Waals surface area (Å²) in [6.45, 7) is 4.44. The summed E-state index contributed by atoms with van der Waals surface area (Å²) in [7, 11) is 1.37. The first-order valence-electron chi connectivity index (χ1n) is 8.73. The highest BCUT2D eigenvalue weighted by Gasteiger charge is 2.12. The van der Waals surface area contributed by atoms with Crippen molar-refractivity contribution in [2.45, 2.75) is 13.5 Å². The van der Waals surface area contributed by atoms with E-state index >= 15 is 0 Å². The molecule has 8 nitrogen and oxygen atoms in total. The number of anilines is 2. The number of nitrogens with one attached hydrogen (secondary N) is 1. The lowest BCUT2D eigenvalue weighted by Gasteiger charge is -2.12. The molecular weight excluding hydrogens is 346 g/mol. The number of fused-ring (bicyclic) bond motifs is 1. The highest BCUT2D eigenvalue weighted by atomic mass is 16.5. The molecule has 0 spiro atoms. The molecule has 0 fully saturated rings. The van der Waals surface area contributed by atoms with Gasteiger partial charge in [0.25, 0.3) is 0 Å². The highest BCUT2D eigenvalue weighted by Crippen LogP contribution is 2.23. The maximum absolute atomic E-state index is 11.6. The van der Waals surface area contributed by atoms with E-state index in [4.69, 9.17) is 15.2 Å². The van der Waals surface area contributed by atoms with Gasteiger partial charge in [0.05, 0.1) is 24.8 Å². The summed E-state index contributed by atoms with van der Waals surface area (Å²) in [5.41, 5.74) is 9.03. The number of aromatic nitrogens is 3. The van der Waals surface area contributed by atoms with Crippen LogP contribution in [0.1, 0.15) is 22.8 Å². The number of nitrogens with two attached hydrogens (primary N) is 1. The molecule has 0 saturated carbocycles. The van der Waals surface area contributed by atoms with E-state index in [2.05, 4.69) is 15.3 Å². The van der Waals surface area contributed by atoms with Crippen molar-refractivity contribution in [2.24, 2.45) is 0 Å². The van der Waals surface area contributed by atoms with Gasteiger partial charge in [-0.2, -0.15) is 4.98 Å². The summed E-state index contributed by atoms with van der Waals surface area (Å²) in [6, 6.07) is 9.21. The third-order valence-electron chi connectivity index (χ3n) is 4.10. The number of carbonyl (C=O) groups is 1. The van der Waals surface area contributed by atoms with Crippen molar-refractivity contribution in [2.75, 3.05) is 37.9 Å². The highest BCUT2D eigenvalue weighted by molar-refractivity contribution is 5.89. The van der Waals surface area contributed by atoms with Crippen LogP contribution in [0.5, 0.6) is 0 Å². The van der Waals surface area contributed by atoms with Crippen molar-refractivity contribution in [3.05, 3.63) is 47.7 Å². The van der Waals surface area contributed by atoms with E-state index in [9.17, 15) is 4.79 Å². The monoisotopic (exact) mass is 369 g/mol. The van der Waals surface area contributed by atoms with Crippen LogP contribution in [0.3, 0.4) is 0 Å². The fourth-order valence-electron chi connectivity index (χ4n) is 2.83. The Bertz CT molecular complexity index is 921. The number of esters is 1. The number of methoxy groups -OCH3 is 1. The summed E-state index contributed by atoms with van der Waals surface area (Å²) in [5.74, 6) is 0.549. The van der Waals surface area contributed by atoms with Gasteiger partial charge in [-0.3, -0.25) is 0 Å². The van der Waals surface area contributed by atoms with Crippen LogP contribution in [0.15, 0.2) is 36.5 Å². The van der Waals surface area contributed by atoms with Gasteiger partial charge in [0.1, 0.15) is 5.52 Å². The molecule has 0 aliphatic rings. The topological polar surface area (TPSA) is 104 Å². The van der Waals surface area contributed by atoms with Gasteiger partial charge < -0.3 is 25.1 Å². The molecule has 2 heterocycles. The Morgan fingerprint density at radius 2 is 2.00 bits per heavy atom. The molecule has 27 heavy (non-hydrogen) atoms. The Labute approximate surface area is 157 Å². The van der Waals surface area contributed by atoms with Gasteiger partial charge in [-0.25, -0.2) is 9.78 Å². The zero-order valence-electron chi connectivity index (χ0n) is 15.4. The Hall–Kier alpha value is -3.13. The average molecular weight is 369 g/mol. The quantitative estimate of drug-likeness (QED) is 0.464. The lowest BCUT2D eigenvalue weighted by Crippen LogP contribution is -2.13. The van der Waals surface area contributed by atoms with Crippen molar-refractivity contribution >= 4 is 28.8 Å². The summed E-state index contributed by atoms with van der Waals surface area (Å²) in [4.78, 5) is 20.2. The summed E-state index contributed by atoms with van der Waals surface area (Å²) < 4.78 is 12.1. The third-order valence-corrected chi connectivity index (χ3v) is 4.10. The Balaban J connectivity index is 1.85. The molecule has 0 atom stereocenters. The van der Waals surface area contributed by atoms with Crippen LogP contribution in [0.25, 0.3) is 11.0 Å². The molecule has 142 valence electrons. The third kappa shape index (κ3) is 4.35. The van der Waals surface area contributed by atoms with Crippen LogP contribution in [-0.4, -0.2) is 47.4 Å². The first-order chi connectivity index (χ1) is 13.1. The molecule has 0 aliphatic carbocycles. The van der Waals surface area contributed by atoms with E-state index in [1.165, 1.54) is 7.11 Å². The molecule has 8 heteroatoms. The van der Waals surface area contributed by atoms with Crippen molar-refractivity contribution < 1.29 is 14.3 Å². The zero-order valence-corrected chi connectivity index (χ0v) is 15.4. The summed E-state index contributed by atoms with van der Waals surface area (Å²) in [5, 5.41) is 3.27. The van der Waals surface area contributed by atoms with E-state index in [-0.39, 0.29) is 11.9 Å². The first-order valence-corrected chi connectivity index (χ1v) is 8.73. The van der Waals surface area contributed by atoms with Crippen LogP contribution in [0.4, 0.5) is 11.8 Å². The number of nitrogens with zero attached hydrogens (tertiary/aromatic N) is 3. The van der Waals surface area contributed by atoms with Gasteiger partial charge in [-0.05, 0) is 30.7 Å². The van der Waals surface area contributed by atoms with E-state index in [1.54, 1.807) is 12.1 Å². The largest absolute Gasteiger partial charge is 0.465 e. The first kappa shape index (κ1) is 18.7. The Morgan fingerprint density at radius 1 is 1.22 bits per heavy atom. The number of benzene rings is 1. The second-order valence-electron chi connectivity index (χ2n) is 5.92. The zero-order chi connectivity index (χ0) is 19.2. The molecule has 0 bridgehead atoms. The van der Waals surface area contributed by atoms with Gasteiger partial charge in [0, 0.05) is 25.9 Å². The molecule has 0 radical (unpaired) electrons. The molecule has 1 aromatic carbocycles. The van der Waals surface area contributed by atoms with Crippen LogP contribution in [0.2, 0.25) is 0 Å². The minimum atomic E-state index is -0.349. The molecule has 2 aromatic heterocycles. The van der Waals surface area contributed by atoms with Gasteiger partial charge in [0.15, 0.2) is 5.82 Å². The maximum atomic E-state index is 11.6. The minimum Gasteiger partial charge on any atom is -0.465 e. The van der Waals surface area contributed by atoms with Crippen LogP contribution in [-0.2, 0) is 16.0 Å². The van der Waals surface area contributed by atoms with E-state index < -0.39 is 0 Å². The van der Waals surface area contributed by atoms with Crippen LogP contribution < -0.4 is 11.1 Å². The number of hydrogen-bond acceptors (Lipinski definition) is 7. The van der Waals surface area contributed by atoms with Gasteiger partial charge in [0.2, 0.25) is 5.95 Å². The molecule has 3 aromatic rings. The average Bonchev–Trinajstić information content (AvgIpc) is 3.07. The predicted octanol–water partition coefficient (Wildman–Crippen LogP) is 2.30.